The summed E-state index contributed by atoms with van der Waals surface area (Å²) in [4.78, 5) is 38.2. The first-order valence-corrected chi connectivity index (χ1v) is 30.6. The van der Waals surface area contributed by atoms with Gasteiger partial charge in [0, 0.05) is 19.3 Å². The Morgan fingerprint density at radius 3 is 0.829 bits per heavy atom. The second kappa shape index (κ2) is 58.9. The average molecular weight is 982 g/mol. The monoisotopic (exact) mass is 981 g/mol. The van der Waals surface area contributed by atoms with Crippen molar-refractivity contribution in [2.24, 2.45) is 0 Å². The van der Waals surface area contributed by atoms with E-state index >= 15 is 0 Å². The molecule has 1 atom stereocenters. The van der Waals surface area contributed by atoms with Gasteiger partial charge in [-0.25, -0.2) is 0 Å². The van der Waals surface area contributed by atoms with Gasteiger partial charge >= 0.3 is 17.9 Å². The Morgan fingerprint density at radius 1 is 0.286 bits per heavy atom. The fourth-order valence-electron chi connectivity index (χ4n) is 8.88. The Labute approximate surface area is 435 Å². The molecule has 0 fully saturated rings. The van der Waals surface area contributed by atoms with E-state index in [9.17, 15) is 14.4 Å². The van der Waals surface area contributed by atoms with Crippen LogP contribution in [0.4, 0.5) is 0 Å². The lowest BCUT2D eigenvalue weighted by Crippen LogP contribution is -2.30. The van der Waals surface area contributed by atoms with Crippen molar-refractivity contribution in [1.82, 2.24) is 0 Å². The Bertz CT molecular complexity index is 1220. The Kier molecular flexibility index (Phi) is 56.7. The van der Waals surface area contributed by atoms with Crippen molar-refractivity contribution >= 4 is 17.9 Å². The van der Waals surface area contributed by atoms with Crippen molar-refractivity contribution in [1.29, 1.82) is 0 Å². The minimum absolute atomic E-state index is 0.0773. The van der Waals surface area contributed by atoms with E-state index in [4.69, 9.17) is 14.2 Å². The number of carbonyl (C=O) groups excluding carboxylic acids is 3. The standard InChI is InChI=1S/C64H116O6/c1-4-7-10-13-16-19-22-25-27-28-29-30-31-32-33-34-35-36-38-39-42-45-48-51-54-57-63(66)69-60-61(59-68-62(65)56-53-50-47-44-41-24-21-18-15-12-9-6-3)70-64(67)58-55-52-49-46-43-40-37-26-23-20-17-14-11-8-5-2/h18,21-22,25-26,28-29,37,61H,4-17,19-20,23-24,27,30-36,38-60H2,1-3H3/b21-18-,25-22-,29-28-,37-26-. The number of esters is 3. The van der Waals surface area contributed by atoms with Crippen LogP contribution in [-0.4, -0.2) is 37.2 Å². The summed E-state index contributed by atoms with van der Waals surface area (Å²) in [5.41, 5.74) is 0. The quantitative estimate of drug-likeness (QED) is 0.0261. The summed E-state index contributed by atoms with van der Waals surface area (Å²) in [6.45, 7) is 6.62. The maximum Gasteiger partial charge on any atom is 0.306 e. The summed E-state index contributed by atoms with van der Waals surface area (Å²) in [6.07, 6.45) is 72.6. The Morgan fingerprint density at radius 2 is 0.514 bits per heavy atom. The van der Waals surface area contributed by atoms with Gasteiger partial charge in [-0.1, -0.05) is 249 Å². The smallest absolute Gasteiger partial charge is 0.306 e. The highest BCUT2D eigenvalue weighted by Crippen LogP contribution is 2.16. The summed E-state index contributed by atoms with van der Waals surface area (Å²) < 4.78 is 16.9. The Hall–Kier alpha value is -2.63. The van der Waals surface area contributed by atoms with Crippen LogP contribution in [-0.2, 0) is 28.6 Å². The molecule has 0 radical (unpaired) electrons. The molecule has 0 aromatic heterocycles. The number of allylic oxidation sites excluding steroid dienone is 8. The summed E-state index contributed by atoms with van der Waals surface area (Å²) in [5, 5.41) is 0. The van der Waals surface area contributed by atoms with E-state index in [1.807, 2.05) is 0 Å². The lowest BCUT2D eigenvalue weighted by molar-refractivity contribution is -0.167. The van der Waals surface area contributed by atoms with Gasteiger partial charge in [-0.3, -0.25) is 14.4 Å². The lowest BCUT2D eigenvalue weighted by atomic mass is 10.0. The molecule has 1 unspecified atom stereocenters. The average Bonchev–Trinajstić information content (AvgIpc) is 3.36. The zero-order chi connectivity index (χ0) is 50.7. The van der Waals surface area contributed by atoms with Gasteiger partial charge in [0.1, 0.15) is 13.2 Å². The second-order valence-corrected chi connectivity index (χ2v) is 20.6. The SMILES string of the molecule is CCCCC/C=C\CCCCCCCC(=O)OCC(COC(=O)CCCCCCCCCCCCCCC/C=C\C/C=C\CCCCCCC)OC(=O)CCCCCCC/C=C\CCCCCCCC. The molecule has 0 spiro atoms. The van der Waals surface area contributed by atoms with Crippen molar-refractivity contribution < 1.29 is 28.6 Å². The topological polar surface area (TPSA) is 78.9 Å². The van der Waals surface area contributed by atoms with Crippen LogP contribution in [0.3, 0.4) is 0 Å². The molecule has 0 rings (SSSR count). The zero-order valence-corrected chi connectivity index (χ0v) is 46.8. The number of ether oxygens (including phenoxy) is 3. The van der Waals surface area contributed by atoms with E-state index in [-0.39, 0.29) is 31.1 Å². The van der Waals surface area contributed by atoms with Gasteiger partial charge in [0.15, 0.2) is 6.10 Å². The molecule has 0 aliphatic rings. The van der Waals surface area contributed by atoms with Crippen molar-refractivity contribution in [3.63, 3.8) is 0 Å². The molecule has 6 nitrogen and oxygen atoms in total. The van der Waals surface area contributed by atoms with Crippen LogP contribution in [0.15, 0.2) is 48.6 Å². The highest BCUT2D eigenvalue weighted by molar-refractivity contribution is 5.71. The van der Waals surface area contributed by atoms with Crippen molar-refractivity contribution in [2.45, 2.75) is 329 Å². The van der Waals surface area contributed by atoms with Gasteiger partial charge in [-0.05, 0) is 103 Å². The minimum Gasteiger partial charge on any atom is -0.462 e. The molecule has 0 aliphatic heterocycles. The second-order valence-electron chi connectivity index (χ2n) is 20.6. The van der Waals surface area contributed by atoms with Gasteiger partial charge in [-0.2, -0.15) is 0 Å². The first kappa shape index (κ1) is 67.4. The predicted molar refractivity (Wildman–Crippen MR) is 302 cm³/mol. The third-order valence-electron chi connectivity index (χ3n) is 13.5. The number of hydrogen-bond acceptors (Lipinski definition) is 6. The lowest BCUT2D eigenvalue weighted by Gasteiger charge is -2.18. The summed E-state index contributed by atoms with van der Waals surface area (Å²) in [5.74, 6) is -0.881. The van der Waals surface area contributed by atoms with E-state index in [1.165, 1.54) is 205 Å². The molecular formula is C64H116O6. The van der Waals surface area contributed by atoms with Crippen molar-refractivity contribution in [3.8, 4) is 0 Å². The molecule has 408 valence electrons. The number of unbranched alkanes of at least 4 members (excludes halogenated alkanes) is 37. The van der Waals surface area contributed by atoms with Crippen LogP contribution in [0.5, 0.6) is 0 Å². The number of carbonyl (C=O) groups is 3. The third kappa shape index (κ3) is 56.3. The van der Waals surface area contributed by atoms with Gasteiger partial charge in [-0.15, -0.1) is 0 Å². The van der Waals surface area contributed by atoms with Gasteiger partial charge < -0.3 is 14.2 Å². The van der Waals surface area contributed by atoms with Gasteiger partial charge in [0.25, 0.3) is 0 Å². The maximum atomic E-state index is 12.8. The number of hydrogen-bond donors (Lipinski definition) is 0. The summed E-state index contributed by atoms with van der Waals surface area (Å²) in [6, 6.07) is 0. The minimum atomic E-state index is -0.780. The maximum absolute atomic E-state index is 12.8. The molecule has 0 aromatic carbocycles. The third-order valence-corrected chi connectivity index (χ3v) is 13.5. The van der Waals surface area contributed by atoms with Crippen LogP contribution < -0.4 is 0 Å². The van der Waals surface area contributed by atoms with Crippen LogP contribution >= 0.6 is 0 Å². The van der Waals surface area contributed by atoms with E-state index in [0.29, 0.717) is 19.3 Å². The van der Waals surface area contributed by atoms with Gasteiger partial charge in [0.2, 0.25) is 0 Å². The van der Waals surface area contributed by atoms with E-state index < -0.39 is 6.10 Å². The molecule has 0 heterocycles. The van der Waals surface area contributed by atoms with Crippen LogP contribution in [0, 0.1) is 0 Å². The molecule has 0 bridgehead atoms. The first-order chi connectivity index (χ1) is 34.5. The molecule has 0 aliphatic carbocycles. The van der Waals surface area contributed by atoms with Gasteiger partial charge in [0.05, 0.1) is 0 Å². The largest absolute Gasteiger partial charge is 0.462 e. The van der Waals surface area contributed by atoms with E-state index in [2.05, 4.69) is 69.4 Å². The van der Waals surface area contributed by atoms with Crippen LogP contribution in [0.1, 0.15) is 323 Å². The van der Waals surface area contributed by atoms with Crippen LogP contribution in [0.2, 0.25) is 0 Å². The summed E-state index contributed by atoms with van der Waals surface area (Å²) >= 11 is 0. The van der Waals surface area contributed by atoms with Crippen molar-refractivity contribution in [3.05, 3.63) is 48.6 Å². The normalized spacial score (nSPS) is 12.3. The van der Waals surface area contributed by atoms with Crippen molar-refractivity contribution in [2.75, 3.05) is 13.2 Å². The first-order valence-electron chi connectivity index (χ1n) is 30.6. The van der Waals surface area contributed by atoms with E-state index in [1.54, 1.807) is 0 Å². The predicted octanol–water partition coefficient (Wildman–Crippen LogP) is 20.6. The molecule has 70 heavy (non-hydrogen) atoms. The summed E-state index contributed by atoms with van der Waals surface area (Å²) in [7, 11) is 0. The fourth-order valence-corrected chi connectivity index (χ4v) is 8.88. The highest BCUT2D eigenvalue weighted by Gasteiger charge is 2.19. The molecule has 0 amide bonds. The molecule has 0 aromatic rings. The molecule has 0 saturated heterocycles. The van der Waals surface area contributed by atoms with Crippen LogP contribution in [0.25, 0.3) is 0 Å². The molecule has 6 heteroatoms. The van der Waals surface area contributed by atoms with E-state index in [0.717, 1.165) is 77.0 Å². The molecule has 0 saturated carbocycles. The molecule has 0 N–H and O–H groups in total. The fraction of sp³-hybridized carbons (Fsp3) is 0.828. The number of rotatable bonds is 56. The Balaban J connectivity index is 4.25. The zero-order valence-electron chi connectivity index (χ0n) is 46.8. The highest BCUT2D eigenvalue weighted by atomic mass is 16.6. The molecular weight excluding hydrogens is 865 g/mol.